The van der Waals surface area contributed by atoms with Gasteiger partial charge in [-0.2, -0.15) is 4.98 Å². The number of carbonyl (C=O) groups is 1. The maximum atomic E-state index is 13.3. The highest BCUT2D eigenvalue weighted by Gasteiger charge is 2.36. The average molecular weight is 487 g/mol. The van der Waals surface area contributed by atoms with Crippen LogP contribution < -0.4 is 15.0 Å². The summed E-state index contributed by atoms with van der Waals surface area (Å²) in [6.07, 6.45) is 0. The van der Waals surface area contributed by atoms with Crippen molar-refractivity contribution < 1.29 is 14.1 Å². The van der Waals surface area contributed by atoms with Gasteiger partial charge in [-0.05, 0) is 55.3 Å². The summed E-state index contributed by atoms with van der Waals surface area (Å²) in [5.74, 6) is 1.45. The topological polar surface area (TPSA) is 80.5 Å². The molecule has 176 valence electrons. The standard InChI is InChI=1S/C27H23ClN4O3/c1-16-14-20(12-13-22(16)28)32-17(2)23(24(29-27(32)33)18-8-5-4-6-9-18)26-30-25(31-35-26)19-10-7-11-21(15-19)34-3/h4-15,24H,1-3H3,(H,29,33). The van der Waals surface area contributed by atoms with E-state index >= 15 is 0 Å². The molecule has 0 fully saturated rings. The van der Waals surface area contributed by atoms with E-state index in [1.54, 1.807) is 18.1 Å². The summed E-state index contributed by atoms with van der Waals surface area (Å²) in [5.41, 5.74) is 4.63. The van der Waals surface area contributed by atoms with Gasteiger partial charge in [0.15, 0.2) is 0 Å². The van der Waals surface area contributed by atoms with Crippen LogP contribution in [0.15, 0.2) is 83.0 Å². The smallest absolute Gasteiger partial charge is 0.326 e. The molecule has 1 atom stereocenters. The molecule has 8 heteroatoms. The number of urea groups is 1. The molecule has 1 aromatic heterocycles. The summed E-state index contributed by atoms with van der Waals surface area (Å²) in [7, 11) is 1.61. The molecule has 7 nitrogen and oxygen atoms in total. The second-order valence-corrected chi connectivity index (χ2v) is 8.62. The minimum Gasteiger partial charge on any atom is -0.497 e. The quantitative estimate of drug-likeness (QED) is 0.352. The predicted octanol–water partition coefficient (Wildman–Crippen LogP) is 6.41. The van der Waals surface area contributed by atoms with Gasteiger partial charge in [0.05, 0.1) is 24.4 Å². The Labute approximate surface area is 208 Å². The molecular weight excluding hydrogens is 464 g/mol. The van der Waals surface area contributed by atoms with Crippen molar-refractivity contribution in [1.29, 1.82) is 0 Å². The Balaban J connectivity index is 1.65. The Morgan fingerprint density at radius 3 is 2.57 bits per heavy atom. The molecule has 2 heterocycles. The average Bonchev–Trinajstić information content (AvgIpc) is 3.36. The third kappa shape index (κ3) is 4.26. The Morgan fingerprint density at radius 1 is 1.03 bits per heavy atom. The molecule has 4 aromatic rings. The number of carbonyl (C=O) groups excluding carboxylic acids is 1. The Bertz CT molecular complexity index is 1430. The number of aromatic nitrogens is 2. The summed E-state index contributed by atoms with van der Waals surface area (Å²) in [6.45, 7) is 3.78. The van der Waals surface area contributed by atoms with Crippen LogP contribution in [0.4, 0.5) is 10.5 Å². The SMILES string of the molecule is COc1cccc(-c2noc(C3=C(C)N(c4ccc(Cl)c(C)c4)C(=O)NC3c3ccccc3)n2)c1. The van der Waals surface area contributed by atoms with Crippen LogP contribution in [0.3, 0.4) is 0 Å². The predicted molar refractivity (Wildman–Crippen MR) is 135 cm³/mol. The lowest BCUT2D eigenvalue weighted by molar-refractivity contribution is 0.244. The molecule has 1 aliphatic heterocycles. The molecule has 0 saturated heterocycles. The molecule has 1 aliphatic rings. The van der Waals surface area contributed by atoms with Crippen molar-refractivity contribution in [3.63, 3.8) is 0 Å². The van der Waals surface area contributed by atoms with Gasteiger partial charge in [0.25, 0.3) is 5.89 Å². The maximum Gasteiger partial charge on any atom is 0.326 e. The number of halogens is 1. The molecule has 0 bridgehead atoms. The van der Waals surface area contributed by atoms with Crippen LogP contribution in [0.2, 0.25) is 5.02 Å². The highest BCUT2D eigenvalue weighted by atomic mass is 35.5. The lowest BCUT2D eigenvalue weighted by Gasteiger charge is -2.35. The van der Waals surface area contributed by atoms with Crippen LogP contribution in [0.25, 0.3) is 17.0 Å². The van der Waals surface area contributed by atoms with E-state index in [4.69, 9.17) is 25.8 Å². The third-order valence-electron chi connectivity index (χ3n) is 6.00. The largest absolute Gasteiger partial charge is 0.497 e. The van der Waals surface area contributed by atoms with Gasteiger partial charge in [-0.15, -0.1) is 0 Å². The van der Waals surface area contributed by atoms with E-state index in [1.807, 2.05) is 80.6 Å². The van der Waals surface area contributed by atoms with Gasteiger partial charge in [0, 0.05) is 16.3 Å². The second-order valence-electron chi connectivity index (χ2n) is 8.22. The first-order valence-corrected chi connectivity index (χ1v) is 11.4. The lowest BCUT2D eigenvalue weighted by atomic mass is 9.94. The molecule has 0 aliphatic carbocycles. The molecule has 0 radical (unpaired) electrons. The molecule has 5 rings (SSSR count). The zero-order valence-corrected chi connectivity index (χ0v) is 20.2. The summed E-state index contributed by atoms with van der Waals surface area (Å²) < 4.78 is 11.1. The van der Waals surface area contributed by atoms with E-state index in [0.717, 1.165) is 16.7 Å². The van der Waals surface area contributed by atoms with Gasteiger partial charge < -0.3 is 14.6 Å². The van der Waals surface area contributed by atoms with Crippen molar-refractivity contribution in [2.24, 2.45) is 0 Å². The fourth-order valence-electron chi connectivity index (χ4n) is 4.21. The van der Waals surface area contributed by atoms with E-state index in [0.29, 0.717) is 39.4 Å². The number of aryl methyl sites for hydroxylation is 1. The minimum absolute atomic E-state index is 0.255. The number of anilines is 1. The Kier molecular flexibility index (Phi) is 6.01. The van der Waals surface area contributed by atoms with Gasteiger partial charge in [0.2, 0.25) is 5.82 Å². The van der Waals surface area contributed by atoms with Gasteiger partial charge in [-0.25, -0.2) is 4.79 Å². The van der Waals surface area contributed by atoms with Crippen LogP contribution in [-0.2, 0) is 0 Å². The number of ether oxygens (including phenoxy) is 1. The monoisotopic (exact) mass is 486 g/mol. The molecule has 35 heavy (non-hydrogen) atoms. The normalized spacial score (nSPS) is 15.8. The number of amides is 2. The molecule has 0 spiro atoms. The zero-order chi connectivity index (χ0) is 24.5. The fraction of sp³-hybridized carbons (Fsp3) is 0.148. The van der Waals surface area contributed by atoms with Crippen molar-refractivity contribution in [2.45, 2.75) is 19.9 Å². The number of methoxy groups -OCH3 is 1. The van der Waals surface area contributed by atoms with Crippen molar-refractivity contribution in [2.75, 3.05) is 12.0 Å². The van der Waals surface area contributed by atoms with Crippen molar-refractivity contribution in [1.82, 2.24) is 15.5 Å². The third-order valence-corrected chi connectivity index (χ3v) is 6.43. The number of hydrogen-bond donors (Lipinski definition) is 1. The number of benzene rings is 3. The number of nitrogens with zero attached hydrogens (tertiary/aromatic N) is 3. The summed E-state index contributed by atoms with van der Waals surface area (Å²) in [5, 5.41) is 7.96. The van der Waals surface area contributed by atoms with Crippen molar-refractivity contribution >= 4 is 28.9 Å². The molecular formula is C27H23ClN4O3. The second kappa shape index (κ2) is 9.27. The van der Waals surface area contributed by atoms with Crippen LogP contribution in [0, 0.1) is 6.92 Å². The maximum absolute atomic E-state index is 13.3. The van der Waals surface area contributed by atoms with E-state index in [2.05, 4.69) is 10.5 Å². The Hall–Kier alpha value is -4.10. The highest BCUT2D eigenvalue weighted by molar-refractivity contribution is 6.31. The molecule has 1 unspecified atom stereocenters. The van der Waals surface area contributed by atoms with Crippen molar-refractivity contribution in [3.8, 4) is 17.1 Å². The van der Waals surface area contributed by atoms with Crippen LogP contribution in [-0.4, -0.2) is 23.3 Å². The molecule has 0 saturated carbocycles. The van der Waals surface area contributed by atoms with E-state index in [-0.39, 0.29) is 6.03 Å². The number of hydrogen-bond acceptors (Lipinski definition) is 5. The van der Waals surface area contributed by atoms with Crippen molar-refractivity contribution in [3.05, 3.63) is 101 Å². The van der Waals surface area contributed by atoms with Crippen LogP contribution in [0.5, 0.6) is 5.75 Å². The first-order chi connectivity index (χ1) is 17.0. The fourth-order valence-corrected chi connectivity index (χ4v) is 4.32. The molecule has 3 aromatic carbocycles. The number of allylic oxidation sites excluding steroid dienone is 1. The Morgan fingerprint density at radius 2 is 1.83 bits per heavy atom. The van der Waals surface area contributed by atoms with Gasteiger partial charge in [-0.3, -0.25) is 4.90 Å². The number of nitrogens with one attached hydrogen (secondary N) is 1. The van der Waals surface area contributed by atoms with Gasteiger partial charge in [-0.1, -0.05) is 59.2 Å². The van der Waals surface area contributed by atoms with E-state index < -0.39 is 6.04 Å². The van der Waals surface area contributed by atoms with Gasteiger partial charge >= 0.3 is 6.03 Å². The highest BCUT2D eigenvalue weighted by Crippen LogP contribution is 2.39. The summed E-state index contributed by atoms with van der Waals surface area (Å²) in [4.78, 5) is 19.6. The van der Waals surface area contributed by atoms with Gasteiger partial charge in [0.1, 0.15) is 5.75 Å². The number of rotatable bonds is 5. The minimum atomic E-state index is -0.466. The van der Waals surface area contributed by atoms with Crippen LogP contribution >= 0.6 is 11.6 Å². The summed E-state index contributed by atoms with van der Waals surface area (Å²) >= 11 is 6.23. The van der Waals surface area contributed by atoms with E-state index in [9.17, 15) is 4.79 Å². The summed E-state index contributed by atoms with van der Waals surface area (Å²) in [6, 6.07) is 21.9. The lowest BCUT2D eigenvalue weighted by Crippen LogP contribution is -2.46. The van der Waals surface area contributed by atoms with Crippen LogP contribution in [0.1, 0.15) is 30.0 Å². The first-order valence-electron chi connectivity index (χ1n) is 11.1. The molecule has 1 N–H and O–H groups in total. The first kappa shape index (κ1) is 22.7. The molecule has 2 amide bonds. The van der Waals surface area contributed by atoms with E-state index in [1.165, 1.54) is 0 Å². The zero-order valence-electron chi connectivity index (χ0n) is 19.4.